The summed E-state index contributed by atoms with van der Waals surface area (Å²) in [5.74, 6) is 0.800. The number of non-ortho nitro benzene ring substituents is 2. The minimum atomic E-state index is -0.459. The van der Waals surface area contributed by atoms with E-state index in [1.165, 1.54) is 38.5 Å². The molecule has 0 bridgehead atoms. The van der Waals surface area contributed by atoms with E-state index in [1.54, 1.807) is 12.1 Å². The van der Waals surface area contributed by atoms with Crippen molar-refractivity contribution >= 4 is 22.7 Å². The maximum Gasteiger partial charge on any atom is 0.273 e. The van der Waals surface area contributed by atoms with Gasteiger partial charge in [-0.1, -0.05) is 0 Å². The molecule has 14 heteroatoms. The molecule has 2 aromatic rings. The highest BCUT2D eigenvalue weighted by Gasteiger charge is 2.18. The summed E-state index contributed by atoms with van der Waals surface area (Å²) in [7, 11) is 2.95. The fourth-order valence-electron chi connectivity index (χ4n) is 4.13. The Hall–Kier alpha value is -3.72. The molecule has 0 spiro atoms. The quantitative estimate of drug-likeness (QED) is 0.375. The van der Waals surface area contributed by atoms with Gasteiger partial charge in [-0.2, -0.15) is 0 Å². The van der Waals surface area contributed by atoms with Crippen molar-refractivity contribution in [2.75, 3.05) is 103 Å². The van der Waals surface area contributed by atoms with Crippen molar-refractivity contribution in [2.45, 2.75) is 0 Å². The van der Waals surface area contributed by atoms with Crippen molar-refractivity contribution in [3.8, 4) is 11.5 Å². The molecule has 0 saturated carbocycles. The second kappa shape index (κ2) is 16.4. The zero-order valence-corrected chi connectivity index (χ0v) is 22.8. The second-order valence-corrected chi connectivity index (χ2v) is 8.65. The fraction of sp³-hybridized carbons (Fsp3) is 0.538. The average Bonchev–Trinajstić information content (AvgIpc) is 2.96. The molecule has 1 saturated heterocycles. The van der Waals surface area contributed by atoms with Gasteiger partial charge >= 0.3 is 0 Å². The van der Waals surface area contributed by atoms with E-state index in [4.69, 9.17) is 28.4 Å². The molecule has 0 radical (unpaired) electrons. The highest BCUT2D eigenvalue weighted by Crippen LogP contribution is 2.33. The lowest BCUT2D eigenvalue weighted by atomic mass is 10.2. The van der Waals surface area contributed by atoms with E-state index in [0.717, 1.165) is 0 Å². The van der Waals surface area contributed by atoms with Crippen molar-refractivity contribution in [1.82, 2.24) is 0 Å². The average molecular weight is 565 g/mol. The third kappa shape index (κ3) is 9.19. The fourth-order valence-corrected chi connectivity index (χ4v) is 4.13. The van der Waals surface area contributed by atoms with Gasteiger partial charge in [0.25, 0.3) is 11.4 Å². The van der Waals surface area contributed by atoms with Gasteiger partial charge in [-0.3, -0.25) is 20.2 Å². The smallest absolute Gasteiger partial charge is 0.273 e. The number of hydrogen-bond acceptors (Lipinski definition) is 12. The minimum Gasteiger partial charge on any atom is -0.494 e. The van der Waals surface area contributed by atoms with Crippen LogP contribution in [-0.2, 0) is 18.9 Å². The number of rotatable bonds is 6. The number of benzene rings is 2. The van der Waals surface area contributed by atoms with Gasteiger partial charge in [-0.05, 0) is 12.1 Å². The van der Waals surface area contributed by atoms with E-state index < -0.39 is 9.85 Å². The molecule has 2 aromatic carbocycles. The summed E-state index contributed by atoms with van der Waals surface area (Å²) in [6.07, 6.45) is 0. The van der Waals surface area contributed by atoms with Gasteiger partial charge in [-0.15, -0.1) is 0 Å². The molecule has 1 heterocycles. The van der Waals surface area contributed by atoms with Crippen LogP contribution in [0.3, 0.4) is 0 Å². The zero-order valence-electron chi connectivity index (χ0n) is 22.8. The third-order valence-electron chi connectivity index (χ3n) is 6.20. The second-order valence-electron chi connectivity index (χ2n) is 8.65. The van der Waals surface area contributed by atoms with Crippen LogP contribution in [0.25, 0.3) is 0 Å². The zero-order chi connectivity index (χ0) is 28.7. The Bertz CT molecular complexity index is 998. The lowest BCUT2D eigenvalue weighted by molar-refractivity contribution is -0.385. The SMILES string of the molecule is COc1cc([N+](=O)[O-])ccc1N1CCOCCOCCN(c2ccc([N+](=O)[O-])cc2OC)CCOCCOCC1. The van der Waals surface area contributed by atoms with Gasteiger partial charge in [0.05, 0.1) is 100 Å². The van der Waals surface area contributed by atoms with Gasteiger partial charge in [0.15, 0.2) is 0 Å². The Kier molecular flexibility index (Phi) is 12.6. The van der Waals surface area contributed by atoms with Gasteiger partial charge in [-0.25, -0.2) is 0 Å². The maximum absolute atomic E-state index is 11.2. The first kappa shape index (κ1) is 30.8. The molecule has 3 rings (SSSR count). The van der Waals surface area contributed by atoms with Crippen LogP contribution >= 0.6 is 0 Å². The third-order valence-corrected chi connectivity index (χ3v) is 6.20. The van der Waals surface area contributed by atoms with Gasteiger partial charge in [0.1, 0.15) is 11.5 Å². The van der Waals surface area contributed by atoms with Crippen LogP contribution in [0.1, 0.15) is 0 Å². The lowest BCUT2D eigenvalue weighted by Gasteiger charge is -2.27. The Balaban J connectivity index is 1.61. The topological polar surface area (TPSA) is 148 Å². The molecule has 220 valence electrons. The van der Waals surface area contributed by atoms with Crippen molar-refractivity contribution in [1.29, 1.82) is 0 Å². The van der Waals surface area contributed by atoms with Crippen LogP contribution < -0.4 is 19.3 Å². The van der Waals surface area contributed by atoms with Crippen LogP contribution in [0.2, 0.25) is 0 Å². The molecule has 0 aromatic heterocycles. The van der Waals surface area contributed by atoms with Crippen molar-refractivity contribution in [3.05, 3.63) is 56.6 Å². The summed E-state index contributed by atoms with van der Waals surface area (Å²) in [5, 5.41) is 22.3. The first-order valence-electron chi connectivity index (χ1n) is 12.9. The molecule has 1 aliphatic rings. The van der Waals surface area contributed by atoms with Gasteiger partial charge in [0, 0.05) is 38.3 Å². The molecular weight excluding hydrogens is 528 g/mol. The van der Waals surface area contributed by atoms with E-state index in [1.807, 2.05) is 9.80 Å². The van der Waals surface area contributed by atoms with Crippen LogP contribution in [0.15, 0.2) is 36.4 Å². The van der Waals surface area contributed by atoms with Crippen LogP contribution in [0.5, 0.6) is 11.5 Å². The number of nitro groups is 2. The summed E-state index contributed by atoms with van der Waals surface area (Å²) < 4.78 is 33.9. The normalized spacial score (nSPS) is 16.9. The summed E-state index contributed by atoms with van der Waals surface area (Å²) >= 11 is 0. The summed E-state index contributed by atoms with van der Waals surface area (Å²) in [5.41, 5.74) is 1.33. The van der Waals surface area contributed by atoms with E-state index in [-0.39, 0.29) is 11.4 Å². The van der Waals surface area contributed by atoms with E-state index in [2.05, 4.69) is 0 Å². The first-order valence-corrected chi connectivity index (χ1v) is 12.9. The predicted molar refractivity (Wildman–Crippen MR) is 147 cm³/mol. The number of nitrogens with zero attached hydrogens (tertiary/aromatic N) is 4. The lowest BCUT2D eigenvalue weighted by Crippen LogP contribution is -2.33. The number of methoxy groups -OCH3 is 2. The molecular formula is C26H36N4O10. The minimum absolute atomic E-state index is 0.0469. The van der Waals surface area contributed by atoms with Gasteiger partial charge < -0.3 is 38.2 Å². The molecule has 0 amide bonds. The van der Waals surface area contributed by atoms with Crippen LogP contribution in [0, 0.1) is 20.2 Å². The predicted octanol–water partition coefficient (Wildman–Crippen LogP) is 2.91. The Morgan fingerprint density at radius 1 is 0.600 bits per heavy atom. The highest BCUT2D eigenvalue weighted by molar-refractivity contribution is 5.63. The Morgan fingerprint density at radius 3 is 1.20 bits per heavy atom. The van der Waals surface area contributed by atoms with E-state index in [0.29, 0.717) is 102 Å². The van der Waals surface area contributed by atoms with Crippen molar-refractivity contribution in [2.24, 2.45) is 0 Å². The molecule has 0 atom stereocenters. The molecule has 0 aliphatic carbocycles. The van der Waals surface area contributed by atoms with Crippen LogP contribution in [-0.4, -0.2) is 103 Å². The molecule has 40 heavy (non-hydrogen) atoms. The maximum atomic E-state index is 11.2. The molecule has 0 N–H and O–H groups in total. The molecule has 0 unspecified atom stereocenters. The van der Waals surface area contributed by atoms with Crippen molar-refractivity contribution < 1.29 is 38.3 Å². The Morgan fingerprint density at radius 2 is 0.925 bits per heavy atom. The summed E-state index contributed by atoms with van der Waals surface area (Å²) in [6, 6.07) is 9.03. The highest BCUT2D eigenvalue weighted by atomic mass is 16.6. The van der Waals surface area contributed by atoms with E-state index in [9.17, 15) is 20.2 Å². The number of nitro benzene ring substituents is 2. The molecule has 1 fully saturated rings. The van der Waals surface area contributed by atoms with Gasteiger partial charge in [0.2, 0.25) is 0 Å². The number of anilines is 2. The molecule has 1 aliphatic heterocycles. The standard InChI is InChI=1S/C26H36N4O10/c1-35-25-19-21(29(31)32)3-5-23(25)27-7-11-37-15-17-39-13-9-28(10-14-40-18-16-38-12-8-27)24-6-4-22(30(33)34)20-26(24)36-2/h3-6,19-20H,7-18H2,1-2H3. The first-order chi connectivity index (χ1) is 19.4. The number of ether oxygens (including phenoxy) is 6. The monoisotopic (exact) mass is 564 g/mol. The summed E-state index contributed by atoms with van der Waals surface area (Å²) in [6.45, 7) is 5.19. The largest absolute Gasteiger partial charge is 0.494 e. The Labute approximate surface area is 232 Å². The van der Waals surface area contributed by atoms with Crippen molar-refractivity contribution in [3.63, 3.8) is 0 Å². The van der Waals surface area contributed by atoms with Crippen LogP contribution in [0.4, 0.5) is 22.7 Å². The molecule has 14 nitrogen and oxygen atoms in total. The summed E-state index contributed by atoms with van der Waals surface area (Å²) in [4.78, 5) is 25.4. The number of hydrogen-bond donors (Lipinski definition) is 0. The van der Waals surface area contributed by atoms with E-state index >= 15 is 0 Å².